The van der Waals surface area contributed by atoms with Gasteiger partial charge in [0.15, 0.2) is 5.82 Å². The number of nitrogens with zero attached hydrogens (tertiary/aromatic N) is 3. The van der Waals surface area contributed by atoms with E-state index in [1.165, 1.54) is 0 Å². The lowest BCUT2D eigenvalue weighted by atomic mass is 10.1. The Balaban J connectivity index is 0.00000145. The molecular formula is C25H31N3O. The minimum absolute atomic E-state index is 0.350. The molecule has 29 heavy (non-hydrogen) atoms. The van der Waals surface area contributed by atoms with Crippen molar-refractivity contribution in [1.29, 1.82) is 0 Å². The maximum Gasteiger partial charge on any atom is 0.179 e. The van der Waals surface area contributed by atoms with Crippen LogP contribution in [-0.4, -0.2) is 22.1 Å². The molecule has 0 unspecified atom stereocenters. The van der Waals surface area contributed by atoms with Crippen molar-refractivity contribution < 1.29 is 4.74 Å². The number of benzene rings is 1. The van der Waals surface area contributed by atoms with Crippen molar-refractivity contribution in [3.63, 3.8) is 0 Å². The van der Waals surface area contributed by atoms with Gasteiger partial charge in [-0.3, -0.25) is 0 Å². The lowest BCUT2D eigenvalue weighted by Crippen LogP contribution is -2.32. The van der Waals surface area contributed by atoms with E-state index in [1.54, 1.807) is 7.11 Å². The molecule has 0 fully saturated rings. The summed E-state index contributed by atoms with van der Waals surface area (Å²) in [7, 11) is 1.67. The molecule has 0 radical (unpaired) electrons. The van der Waals surface area contributed by atoms with Crippen LogP contribution in [0.25, 0.3) is 34.9 Å². The molecule has 3 aromatic rings. The second kappa shape index (κ2) is 10.5. The van der Waals surface area contributed by atoms with Crippen LogP contribution in [0.2, 0.25) is 0 Å². The molecule has 0 N–H and O–H groups in total. The third-order valence-corrected chi connectivity index (χ3v) is 4.47. The molecule has 0 aliphatic rings. The van der Waals surface area contributed by atoms with Crippen LogP contribution in [0.15, 0.2) is 42.5 Å². The molecule has 4 nitrogen and oxygen atoms in total. The van der Waals surface area contributed by atoms with Crippen molar-refractivity contribution in [3.8, 4) is 28.5 Å². The van der Waals surface area contributed by atoms with Crippen molar-refractivity contribution >= 4 is 12.2 Å². The van der Waals surface area contributed by atoms with Crippen LogP contribution in [-0.2, 0) is 0 Å². The number of aromatic nitrogens is 3. The third-order valence-electron chi connectivity index (χ3n) is 4.47. The molecular weight excluding hydrogens is 358 g/mol. The van der Waals surface area contributed by atoms with Gasteiger partial charge in [-0.05, 0) is 44.0 Å². The molecule has 0 atom stereocenters. The molecule has 2 aromatic heterocycles. The highest BCUT2D eigenvalue weighted by molar-refractivity contribution is 5.65. The SMILES string of the molecule is C/C=c1/c(-c2cccc(OC)c2)nc(-c2cccc(C(C)C)n2)n/c1=C/C.CC. The van der Waals surface area contributed by atoms with Crippen molar-refractivity contribution in [3.05, 3.63) is 58.7 Å². The lowest BCUT2D eigenvalue weighted by Gasteiger charge is -2.10. The summed E-state index contributed by atoms with van der Waals surface area (Å²) in [6.07, 6.45) is 4.06. The van der Waals surface area contributed by atoms with E-state index in [2.05, 4.69) is 13.8 Å². The van der Waals surface area contributed by atoms with Gasteiger partial charge >= 0.3 is 0 Å². The Labute approximate surface area is 174 Å². The van der Waals surface area contributed by atoms with Gasteiger partial charge in [-0.1, -0.05) is 58.0 Å². The molecule has 4 heteroatoms. The first kappa shape index (κ1) is 22.3. The first-order chi connectivity index (χ1) is 14.1. The topological polar surface area (TPSA) is 47.9 Å². The van der Waals surface area contributed by atoms with Gasteiger partial charge in [0.1, 0.15) is 11.4 Å². The van der Waals surface area contributed by atoms with Gasteiger partial charge < -0.3 is 4.74 Å². The molecule has 0 aliphatic carbocycles. The smallest absolute Gasteiger partial charge is 0.179 e. The summed E-state index contributed by atoms with van der Waals surface area (Å²) in [4.78, 5) is 14.4. The highest BCUT2D eigenvalue weighted by Crippen LogP contribution is 2.22. The molecule has 1 aromatic carbocycles. The zero-order valence-electron chi connectivity index (χ0n) is 18.5. The molecule has 2 heterocycles. The maximum atomic E-state index is 5.39. The Bertz CT molecular complexity index is 1070. The van der Waals surface area contributed by atoms with Crippen molar-refractivity contribution in [1.82, 2.24) is 15.0 Å². The van der Waals surface area contributed by atoms with E-state index in [9.17, 15) is 0 Å². The van der Waals surface area contributed by atoms with Gasteiger partial charge in [-0.15, -0.1) is 0 Å². The van der Waals surface area contributed by atoms with Gasteiger partial charge in [-0.2, -0.15) is 0 Å². The first-order valence-corrected chi connectivity index (χ1v) is 10.2. The van der Waals surface area contributed by atoms with E-state index in [4.69, 9.17) is 19.7 Å². The largest absolute Gasteiger partial charge is 0.497 e. The predicted octanol–water partition coefficient (Wildman–Crippen LogP) is 4.96. The fourth-order valence-electron chi connectivity index (χ4n) is 2.99. The predicted molar refractivity (Wildman–Crippen MR) is 122 cm³/mol. The van der Waals surface area contributed by atoms with E-state index in [0.717, 1.165) is 39.0 Å². The monoisotopic (exact) mass is 389 g/mol. The second-order valence-corrected chi connectivity index (χ2v) is 6.61. The molecule has 152 valence electrons. The van der Waals surface area contributed by atoms with Gasteiger partial charge in [0.05, 0.1) is 18.2 Å². The van der Waals surface area contributed by atoms with Crippen molar-refractivity contribution in [2.45, 2.75) is 47.5 Å². The van der Waals surface area contributed by atoms with E-state index in [-0.39, 0.29) is 0 Å². The normalized spacial score (nSPS) is 12.0. The van der Waals surface area contributed by atoms with E-state index < -0.39 is 0 Å². The summed E-state index contributed by atoms with van der Waals surface area (Å²) < 4.78 is 5.39. The van der Waals surface area contributed by atoms with Crippen LogP contribution >= 0.6 is 0 Å². The van der Waals surface area contributed by atoms with Crippen molar-refractivity contribution in [2.75, 3.05) is 7.11 Å². The highest BCUT2D eigenvalue weighted by Gasteiger charge is 2.12. The molecule has 3 rings (SSSR count). The molecule has 0 amide bonds. The van der Waals surface area contributed by atoms with Gasteiger partial charge in [0.25, 0.3) is 0 Å². The van der Waals surface area contributed by atoms with Crippen LogP contribution in [0.4, 0.5) is 0 Å². The Kier molecular flexibility index (Phi) is 8.08. The maximum absolute atomic E-state index is 5.39. The summed E-state index contributed by atoms with van der Waals surface area (Å²) in [5.74, 6) is 1.79. The van der Waals surface area contributed by atoms with Crippen LogP contribution in [0, 0.1) is 0 Å². The average Bonchev–Trinajstić information content (AvgIpc) is 2.79. The Morgan fingerprint density at radius 1 is 0.897 bits per heavy atom. The number of rotatable bonds is 4. The standard InChI is InChI=1S/C23H25N3O.C2H6/c1-6-18-19(7-2)25-23(21-13-9-12-20(24-21)15(3)4)26-22(18)16-10-8-11-17(14-16)27-5;1-2/h6-15H,1-5H3;1-2H3/b18-6+,19-7+;. The fraction of sp³-hybridized carbons (Fsp3) is 0.320. The van der Waals surface area contributed by atoms with E-state index in [0.29, 0.717) is 11.7 Å². The fourth-order valence-corrected chi connectivity index (χ4v) is 2.99. The third kappa shape index (κ3) is 5.08. The second-order valence-electron chi connectivity index (χ2n) is 6.61. The quantitative estimate of drug-likeness (QED) is 0.632. The van der Waals surface area contributed by atoms with Crippen LogP contribution in [0.5, 0.6) is 5.75 Å². The molecule has 0 saturated heterocycles. The molecule has 0 saturated carbocycles. The minimum Gasteiger partial charge on any atom is -0.497 e. The van der Waals surface area contributed by atoms with Gasteiger partial charge in [0.2, 0.25) is 0 Å². The summed E-state index contributed by atoms with van der Waals surface area (Å²) in [5.41, 5.74) is 3.70. The van der Waals surface area contributed by atoms with E-state index in [1.807, 2.05) is 82.3 Å². The van der Waals surface area contributed by atoms with Gasteiger partial charge in [0, 0.05) is 16.5 Å². The number of methoxy groups -OCH3 is 1. The van der Waals surface area contributed by atoms with E-state index >= 15 is 0 Å². The average molecular weight is 390 g/mol. The minimum atomic E-state index is 0.350. The number of hydrogen-bond donors (Lipinski definition) is 0. The zero-order chi connectivity index (χ0) is 21.4. The highest BCUT2D eigenvalue weighted by atomic mass is 16.5. The summed E-state index contributed by atoms with van der Waals surface area (Å²) in [5, 5.41) is 1.91. The number of hydrogen-bond acceptors (Lipinski definition) is 4. The lowest BCUT2D eigenvalue weighted by molar-refractivity contribution is 0.415. The summed E-state index contributed by atoms with van der Waals surface area (Å²) >= 11 is 0. The summed E-state index contributed by atoms with van der Waals surface area (Å²) in [6.45, 7) is 12.3. The van der Waals surface area contributed by atoms with Crippen LogP contribution in [0.1, 0.15) is 53.2 Å². The zero-order valence-corrected chi connectivity index (χ0v) is 18.5. The first-order valence-electron chi connectivity index (χ1n) is 10.2. The Morgan fingerprint density at radius 3 is 2.24 bits per heavy atom. The van der Waals surface area contributed by atoms with Crippen LogP contribution in [0.3, 0.4) is 0 Å². The molecule has 0 spiro atoms. The number of pyridine rings is 1. The Hall–Kier alpha value is -3.01. The number of ether oxygens (including phenoxy) is 1. The summed E-state index contributed by atoms with van der Waals surface area (Å²) in [6, 6.07) is 14.0. The Morgan fingerprint density at radius 2 is 1.62 bits per heavy atom. The van der Waals surface area contributed by atoms with Crippen LogP contribution < -0.4 is 15.3 Å². The molecule has 0 aliphatic heterocycles. The van der Waals surface area contributed by atoms with Crippen molar-refractivity contribution in [2.24, 2.45) is 0 Å². The van der Waals surface area contributed by atoms with Gasteiger partial charge in [-0.25, -0.2) is 15.0 Å². The molecule has 0 bridgehead atoms.